The number of fused-ring (bicyclic) bond motifs is 3. The summed E-state index contributed by atoms with van der Waals surface area (Å²) in [6.45, 7) is 2.20. The first-order valence-electron chi connectivity index (χ1n) is 8.98. The van der Waals surface area contributed by atoms with Gasteiger partial charge in [-0.1, -0.05) is 0 Å². The van der Waals surface area contributed by atoms with Crippen LogP contribution in [0.4, 0.5) is 4.79 Å². The second-order valence-corrected chi connectivity index (χ2v) is 6.82. The summed E-state index contributed by atoms with van der Waals surface area (Å²) in [5, 5.41) is 3.61. The number of nitrogens with zero attached hydrogens (tertiary/aromatic N) is 1. The number of ether oxygens (including phenoxy) is 1. The molecule has 2 N–H and O–H groups in total. The van der Waals surface area contributed by atoms with Gasteiger partial charge in [-0.05, 0) is 56.4 Å². The van der Waals surface area contributed by atoms with Gasteiger partial charge in [0, 0.05) is 29.7 Å². The first kappa shape index (κ1) is 16.6. The summed E-state index contributed by atoms with van der Waals surface area (Å²) >= 11 is 0. The van der Waals surface area contributed by atoms with Crippen molar-refractivity contribution in [1.29, 1.82) is 0 Å². The summed E-state index contributed by atoms with van der Waals surface area (Å²) in [4.78, 5) is 40.8. The third kappa shape index (κ3) is 2.83. The van der Waals surface area contributed by atoms with E-state index < -0.39 is 24.0 Å². The molecule has 4 rings (SSSR count). The van der Waals surface area contributed by atoms with E-state index in [-0.39, 0.29) is 0 Å². The largest absolute Gasteiger partial charge is 0.449 e. The van der Waals surface area contributed by atoms with Gasteiger partial charge in [0.2, 0.25) is 0 Å². The minimum absolute atomic E-state index is 0.293. The van der Waals surface area contributed by atoms with Crippen molar-refractivity contribution in [2.45, 2.75) is 38.7 Å². The Labute approximate surface area is 150 Å². The van der Waals surface area contributed by atoms with Gasteiger partial charge in [-0.2, -0.15) is 0 Å². The van der Waals surface area contributed by atoms with Crippen molar-refractivity contribution >= 4 is 28.8 Å². The summed E-state index contributed by atoms with van der Waals surface area (Å²) in [5.74, 6) is -1.06. The van der Waals surface area contributed by atoms with Crippen LogP contribution in [0.25, 0.3) is 10.9 Å². The van der Waals surface area contributed by atoms with Crippen molar-refractivity contribution in [3.8, 4) is 0 Å². The van der Waals surface area contributed by atoms with Crippen molar-refractivity contribution in [2.24, 2.45) is 0 Å². The second kappa shape index (κ2) is 6.48. The number of carbonyl (C=O) groups is 3. The molecule has 0 saturated carbocycles. The number of nitrogens with one attached hydrogen (secondary N) is 2. The van der Waals surface area contributed by atoms with Crippen LogP contribution in [0, 0.1) is 0 Å². The number of aromatic amines is 1. The van der Waals surface area contributed by atoms with E-state index >= 15 is 0 Å². The Morgan fingerprint density at radius 2 is 2.04 bits per heavy atom. The number of imide groups is 1. The van der Waals surface area contributed by atoms with Gasteiger partial charge in [0.1, 0.15) is 0 Å². The lowest BCUT2D eigenvalue weighted by Gasteiger charge is -2.18. The van der Waals surface area contributed by atoms with E-state index in [4.69, 9.17) is 4.74 Å². The summed E-state index contributed by atoms with van der Waals surface area (Å²) < 4.78 is 5.31. The zero-order chi connectivity index (χ0) is 18.3. The number of urea groups is 1. The molecule has 3 amide bonds. The number of esters is 1. The highest BCUT2D eigenvalue weighted by molar-refractivity contribution is 6.00. The van der Waals surface area contributed by atoms with Crippen LogP contribution in [0.5, 0.6) is 0 Å². The van der Waals surface area contributed by atoms with E-state index in [0.717, 1.165) is 35.1 Å². The maximum atomic E-state index is 12.5. The molecule has 1 saturated heterocycles. The SMILES string of the molecule is CC(OC(=O)c1ccc2[nH]c3c(c2c1)CCCC3)C(=O)N1CCNC1=O. The van der Waals surface area contributed by atoms with Crippen molar-refractivity contribution in [1.82, 2.24) is 15.2 Å². The Morgan fingerprint density at radius 3 is 2.81 bits per heavy atom. The highest BCUT2D eigenvalue weighted by Gasteiger charge is 2.31. The molecule has 1 unspecified atom stereocenters. The molecule has 0 radical (unpaired) electrons. The second-order valence-electron chi connectivity index (χ2n) is 6.82. The van der Waals surface area contributed by atoms with E-state index in [9.17, 15) is 14.4 Å². The van der Waals surface area contributed by atoms with Crippen molar-refractivity contribution in [3.63, 3.8) is 0 Å². The molecule has 1 atom stereocenters. The highest BCUT2D eigenvalue weighted by atomic mass is 16.5. The third-order valence-corrected chi connectivity index (χ3v) is 5.09. The van der Waals surface area contributed by atoms with Crippen LogP contribution in [0.15, 0.2) is 18.2 Å². The summed E-state index contributed by atoms with van der Waals surface area (Å²) in [5.41, 5.74) is 3.96. The molecule has 2 aliphatic rings. The molecule has 26 heavy (non-hydrogen) atoms. The minimum atomic E-state index is -1.01. The fourth-order valence-electron chi connectivity index (χ4n) is 3.71. The molecule has 2 aromatic rings. The Morgan fingerprint density at radius 1 is 1.23 bits per heavy atom. The third-order valence-electron chi connectivity index (χ3n) is 5.09. The topological polar surface area (TPSA) is 91.5 Å². The van der Waals surface area contributed by atoms with Crippen LogP contribution in [-0.2, 0) is 22.4 Å². The lowest BCUT2D eigenvalue weighted by Crippen LogP contribution is -2.41. The molecule has 1 aromatic heterocycles. The van der Waals surface area contributed by atoms with Crippen LogP contribution < -0.4 is 5.32 Å². The van der Waals surface area contributed by atoms with Crippen LogP contribution in [0.1, 0.15) is 41.4 Å². The highest BCUT2D eigenvalue weighted by Crippen LogP contribution is 2.29. The molecule has 7 heteroatoms. The number of carbonyl (C=O) groups excluding carboxylic acids is 3. The number of aryl methyl sites for hydroxylation is 2. The maximum Gasteiger partial charge on any atom is 0.338 e. The zero-order valence-corrected chi connectivity index (χ0v) is 14.6. The van der Waals surface area contributed by atoms with E-state index in [1.165, 1.54) is 24.6 Å². The fourth-order valence-corrected chi connectivity index (χ4v) is 3.71. The van der Waals surface area contributed by atoms with Crippen LogP contribution in [-0.4, -0.2) is 47.0 Å². The lowest BCUT2D eigenvalue weighted by molar-refractivity contribution is -0.136. The van der Waals surface area contributed by atoms with E-state index in [1.54, 1.807) is 6.07 Å². The number of H-pyrrole nitrogens is 1. The van der Waals surface area contributed by atoms with Crippen LogP contribution in [0.2, 0.25) is 0 Å². The van der Waals surface area contributed by atoms with Gasteiger partial charge < -0.3 is 15.0 Å². The first-order valence-corrected chi connectivity index (χ1v) is 8.98. The number of benzene rings is 1. The van der Waals surface area contributed by atoms with Gasteiger partial charge in [-0.3, -0.25) is 9.69 Å². The van der Waals surface area contributed by atoms with E-state index in [0.29, 0.717) is 18.7 Å². The predicted octanol–water partition coefficient (Wildman–Crippen LogP) is 2.14. The molecule has 1 aliphatic heterocycles. The number of amides is 3. The maximum absolute atomic E-state index is 12.5. The van der Waals surface area contributed by atoms with Crippen molar-refractivity contribution in [2.75, 3.05) is 13.1 Å². The zero-order valence-electron chi connectivity index (χ0n) is 14.6. The number of rotatable bonds is 3. The smallest absolute Gasteiger partial charge is 0.338 e. The van der Waals surface area contributed by atoms with E-state index in [1.807, 2.05) is 12.1 Å². The van der Waals surface area contributed by atoms with Gasteiger partial charge in [0.25, 0.3) is 5.91 Å². The van der Waals surface area contributed by atoms with Crippen LogP contribution in [0.3, 0.4) is 0 Å². The Balaban J connectivity index is 1.52. The van der Waals surface area contributed by atoms with Gasteiger partial charge in [-0.15, -0.1) is 0 Å². The Kier molecular flexibility index (Phi) is 4.14. The average molecular weight is 355 g/mol. The molecule has 1 aromatic carbocycles. The standard InChI is InChI=1S/C19H21N3O4/c1-11(17(23)22-9-8-20-19(22)25)26-18(24)12-6-7-16-14(10-12)13-4-2-3-5-15(13)21-16/h6-7,10-11,21H,2-5,8-9H2,1H3,(H,20,25). The number of hydrogen-bond acceptors (Lipinski definition) is 4. The minimum Gasteiger partial charge on any atom is -0.449 e. The molecular formula is C19H21N3O4. The summed E-state index contributed by atoms with van der Waals surface area (Å²) in [6, 6.07) is 4.97. The normalized spacial score (nSPS) is 17.7. The average Bonchev–Trinajstić information content (AvgIpc) is 3.23. The molecular weight excluding hydrogens is 334 g/mol. The molecule has 7 nitrogen and oxygen atoms in total. The lowest BCUT2D eigenvalue weighted by atomic mass is 9.95. The summed E-state index contributed by atoms with van der Waals surface area (Å²) in [6.07, 6.45) is 3.36. The molecule has 136 valence electrons. The van der Waals surface area contributed by atoms with Gasteiger partial charge in [0.15, 0.2) is 6.10 Å². The van der Waals surface area contributed by atoms with E-state index in [2.05, 4.69) is 10.3 Å². The number of hydrogen-bond donors (Lipinski definition) is 2. The number of aromatic nitrogens is 1. The van der Waals surface area contributed by atoms with Gasteiger partial charge >= 0.3 is 12.0 Å². The first-order chi connectivity index (χ1) is 12.5. The summed E-state index contributed by atoms with van der Waals surface area (Å²) in [7, 11) is 0. The predicted molar refractivity (Wildman–Crippen MR) is 94.9 cm³/mol. The molecule has 0 bridgehead atoms. The quantitative estimate of drug-likeness (QED) is 0.825. The fraction of sp³-hybridized carbons (Fsp3) is 0.421. The van der Waals surface area contributed by atoms with Crippen LogP contribution >= 0.6 is 0 Å². The Hall–Kier alpha value is -2.83. The molecule has 2 heterocycles. The van der Waals surface area contributed by atoms with Gasteiger partial charge in [0.05, 0.1) is 5.56 Å². The Bertz CT molecular complexity index is 902. The molecule has 1 fully saturated rings. The van der Waals surface area contributed by atoms with Crippen molar-refractivity contribution < 1.29 is 19.1 Å². The molecule has 1 aliphatic carbocycles. The van der Waals surface area contributed by atoms with Gasteiger partial charge in [-0.25, -0.2) is 9.59 Å². The molecule has 0 spiro atoms. The van der Waals surface area contributed by atoms with Crippen molar-refractivity contribution in [3.05, 3.63) is 35.0 Å². The monoisotopic (exact) mass is 355 g/mol.